The Labute approximate surface area is 205 Å². The number of carbonyl (C=O) groups excluding carboxylic acids is 1. The molecule has 0 spiro atoms. The van der Waals surface area contributed by atoms with Gasteiger partial charge in [-0.3, -0.25) is 4.79 Å². The molecule has 0 saturated carbocycles. The van der Waals surface area contributed by atoms with E-state index >= 15 is 0 Å². The molecular weight excluding hydrogens is 466 g/mol. The van der Waals surface area contributed by atoms with E-state index in [-0.39, 0.29) is 10.5 Å². The summed E-state index contributed by atoms with van der Waals surface area (Å²) >= 11 is 0. The Morgan fingerprint density at radius 3 is 2.60 bits per heavy atom. The Morgan fingerprint density at radius 1 is 1.20 bits per heavy atom. The minimum Gasteiger partial charge on any atom is -0.385 e. The molecule has 1 N–H and O–H groups in total. The zero-order valence-electron chi connectivity index (χ0n) is 19.8. The van der Waals surface area contributed by atoms with Gasteiger partial charge in [0.25, 0.3) is 5.91 Å². The molecule has 0 aliphatic heterocycles. The van der Waals surface area contributed by atoms with Gasteiger partial charge in [-0.05, 0) is 36.8 Å². The number of ether oxygens (including phenoxy) is 1. The van der Waals surface area contributed by atoms with Crippen LogP contribution >= 0.6 is 0 Å². The molecule has 1 aromatic heterocycles. The fraction of sp³-hybridized carbons (Fsp3) is 0.240. The number of aromatic nitrogens is 2. The summed E-state index contributed by atoms with van der Waals surface area (Å²) in [7, 11) is 0.837. The van der Waals surface area contributed by atoms with Crippen molar-refractivity contribution in [1.82, 2.24) is 19.4 Å². The van der Waals surface area contributed by atoms with Crippen LogP contribution in [0, 0.1) is 11.3 Å². The van der Waals surface area contributed by atoms with Crippen molar-refractivity contribution in [2.24, 2.45) is 0 Å². The zero-order chi connectivity index (χ0) is 25.4. The highest BCUT2D eigenvalue weighted by Gasteiger charge is 2.20. The Balaban J connectivity index is 2.08. The summed E-state index contributed by atoms with van der Waals surface area (Å²) in [5.74, 6) is -0.508. The minimum atomic E-state index is -3.67. The second-order valence-corrected chi connectivity index (χ2v) is 9.95. The zero-order valence-corrected chi connectivity index (χ0v) is 20.6. The first kappa shape index (κ1) is 25.8. The monoisotopic (exact) mass is 493 g/mol. The maximum absolute atomic E-state index is 12.7. The van der Waals surface area contributed by atoms with Gasteiger partial charge in [-0.25, -0.2) is 17.4 Å². The molecule has 0 radical (unpaired) electrons. The molecule has 3 aromatic rings. The van der Waals surface area contributed by atoms with E-state index < -0.39 is 15.9 Å². The van der Waals surface area contributed by atoms with Gasteiger partial charge in [-0.1, -0.05) is 30.3 Å². The van der Waals surface area contributed by atoms with E-state index in [1.807, 2.05) is 36.4 Å². The van der Waals surface area contributed by atoms with Gasteiger partial charge in [0, 0.05) is 51.7 Å². The Kier molecular flexibility index (Phi) is 8.54. The fourth-order valence-corrected chi connectivity index (χ4v) is 4.21. The molecule has 0 aliphatic rings. The van der Waals surface area contributed by atoms with Crippen molar-refractivity contribution in [3.8, 4) is 23.0 Å². The number of nitrogens with zero attached hydrogens (tertiary/aromatic N) is 4. The lowest BCUT2D eigenvalue weighted by molar-refractivity contribution is -0.117. The van der Waals surface area contributed by atoms with Crippen molar-refractivity contribution >= 4 is 22.0 Å². The van der Waals surface area contributed by atoms with Crippen LogP contribution in [0.5, 0.6) is 0 Å². The predicted octanol–water partition coefficient (Wildman–Crippen LogP) is 2.85. The lowest BCUT2D eigenvalue weighted by atomic mass is 10.1. The van der Waals surface area contributed by atoms with E-state index in [1.54, 1.807) is 30.1 Å². The molecule has 0 unspecified atom stereocenters. The average Bonchev–Trinajstić information content (AvgIpc) is 3.29. The van der Waals surface area contributed by atoms with Crippen molar-refractivity contribution in [2.75, 3.05) is 34.4 Å². The van der Waals surface area contributed by atoms with E-state index in [0.717, 1.165) is 9.99 Å². The van der Waals surface area contributed by atoms with E-state index in [4.69, 9.17) is 4.74 Å². The highest BCUT2D eigenvalue weighted by Crippen LogP contribution is 2.28. The number of nitrogens with one attached hydrogen (secondary N) is 1. The van der Waals surface area contributed by atoms with Crippen molar-refractivity contribution in [2.45, 2.75) is 11.3 Å². The Bertz CT molecular complexity index is 1360. The van der Waals surface area contributed by atoms with Crippen LogP contribution in [-0.4, -0.2) is 62.8 Å². The number of carbonyl (C=O) groups is 1. The second kappa shape index (κ2) is 11.6. The van der Waals surface area contributed by atoms with E-state index in [0.29, 0.717) is 36.4 Å². The van der Waals surface area contributed by atoms with E-state index in [2.05, 4.69) is 10.4 Å². The summed E-state index contributed by atoms with van der Waals surface area (Å²) in [4.78, 5) is 12.7. The normalized spacial score (nSPS) is 11.9. The van der Waals surface area contributed by atoms with E-state index in [1.165, 1.54) is 32.3 Å². The standard InChI is InChI=1S/C25H27N5O4S/c1-29(2)35(32,33)23-12-7-9-19(16-23)24-21(18-30(28-24)22-10-5-4-6-11-22)15-20(17-26)25(31)27-13-8-14-34-3/h4-7,9-12,15-16,18H,8,13-14H2,1-3H3,(H,27,31). The quantitative estimate of drug-likeness (QED) is 0.264. The summed E-state index contributed by atoms with van der Waals surface area (Å²) < 4.78 is 33.1. The number of methoxy groups -OCH3 is 1. The maximum atomic E-state index is 12.7. The van der Waals surface area contributed by atoms with Crippen LogP contribution in [0.4, 0.5) is 0 Å². The van der Waals surface area contributed by atoms with E-state index in [9.17, 15) is 18.5 Å². The average molecular weight is 494 g/mol. The molecule has 0 aliphatic carbocycles. The topological polar surface area (TPSA) is 117 Å². The summed E-state index contributed by atoms with van der Waals surface area (Å²) in [6, 6.07) is 17.7. The summed E-state index contributed by atoms with van der Waals surface area (Å²) in [5, 5.41) is 17.0. The third-order valence-corrected chi connectivity index (χ3v) is 6.94. The first-order chi connectivity index (χ1) is 16.8. The number of amides is 1. The third kappa shape index (κ3) is 6.22. The van der Waals surface area contributed by atoms with Crippen molar-refractivity contribution in [3.05, 3.63) is 71.9 Å². The van der Waals surface area contributed by atoms with Gasteiger partial charge in [0.1, 0.15) is 17.3 Å². The van der Waals surface area contributed by atoms with Crippen LogP contribution in [0.2, 0.25) is 0 Å². The summed E-state index contributed by atoms with van der Waals surface area (Å²) in [5.41, 5.74) is 2.15. The number of nitriles is 1. The lowest BCUT2D eigenvalue weighted by Crippen LogP contribution is -2.26. The number of hydrogen-bond acceptors (Lipinski definition) is 6. The first-order valence-electron chi connectivity index (χ1n) is 10.8. The first-order valence-corrected chi connectivity index (χ1v) is 12.3. The molecule has 2 aromatic carbocycles. The van der Waals surface area contributed by atoms with Crippen LogP contribution in [0.3, 0.4) is 0 Å². The number of rotatable bonds is 10. The predicted molar refractivity (Wildman–Crippen MR) is 133 cm³/mol. The highest BCUT2D eigenvalue weighted by atomic mass is 32.2. The smallest absolute Gasteiger partial charge is 0.261 e. The Morgan fingerprint density at radius 2 is 1.94 bits per heavy atom. The number of benzene rings is 2. The van der Waals surface area contributed by atoms with Gasteiger partial charge in [-0.2, -0.15) is 10.4 Å². The highest BCUT2D eigenvalue weighted by molar-refractivity contribution is 7.89. The number of hydrogen-bond donors (Lipinski definition) is 1. The van der Waals surface area contributed by atoms with Gasteiger partial charge in [0.05, 0.1) is 10.6 Å². The largest absolute Gasteiger partial charge is 0.385 e. The molecule has 9 nitrogen and oxygen atoms in total. The molecule has 0 saturated heterocycles. The number of sulfonamides is 1. The minimum absolute atomic E-state index is 0.0895. The Hall–Kier alpha value is -3.78. The molecule has 182 valence electrons. The molecule has 10 heteroatoms. The van der Waals surface area contributed by atoms with Crippen molar-refractivity contribution < 1.29 is 17.9 Å². The van der Waals surface area contributed by atoms with Crippen LogP contribution in [-0.2, 0) is 19.6 Å². The molecule has 1 heterocycles. The van der Waals surface area contributed by atoms with Gasteiger partial charge in [0.15, 0.2) is 0 Å². The molecule has 0 fully saturated rings. The van der Waals surface area contributed by atoms with Gasteiger partial charge in [0.2, 0.25) is 10.0 Å². The van der Waals surface area contributed by atoms with Crippen LogP contribution in [0.1, 0.15) is 12.0 Å². The fourth-order valence-electron chi connectivity index (χ4n) is 3.26. The van der Waals surface area contributed by atoms with Crippen LogP contribution in [0.25, 0.3) is 23.0 Å². The molecule has 1 amide bonds. The molecule has 0 bridgehead atoms. The SMILES string of the molecule is COCCCNC(=O)C(C#N)=Cc1cn(-c2ccccc2)nc1-c1cccc(S(=O)(=O)N(C)C)c1. The number of para-hydroxylation sites is 1. The maximum Gasteiger partial charge on any atom is 0.261 e. The summed E-state index contributed by atoms with van der Waals surface area (Å²) in [6.45, 7) is 0.859. The van der Waals surface area contributed by atoms with Crippen molar-refractivity contribution in [3.63, 3.8) is 0 Å². The van der Waals surface area contributed by atoms with Gasteiger partial charge in [-0.15, -0.1) is 0 Å². The van der Waals surface area contributed by atoms with Gasteiger partial charge >= 0.3 is 0 Å². The third-order valence-electron chi connectivity index (χ3n) is 5.13. The second-order valence-electron chi connectivity index (χ2n) is 7.80. The molecule has 35 heavy (non-hydrogen) atoms. The molecule has 3 rings (SSSR count). The van der Waals surface area contributed by atoms with Crippen LogP contribution in [0.15, 0.2) is 71.3 Å². The lowest BCUT2D eigenvalue weighted by Gasteiger charge is -2.12. The molecule has 0 atom stereocenters. The van der Waals surface area contributed by atoms with Gasteiger partial charge < -0.3 is 10.1 Å². The van der Waals surface area contributed by atoms with Crippen molar-refractivity contribution in [1.29, 1.82) is 5.26 Å². The molecular formula is C25H27N5O4S. The van der Waals surface area contributed by atoms with Crippen LogP contribution < -0.4 is 5.32 Å². The summed E-state index contributed by atoms with van der Waals surface area (Å²) in [6.07, 6.45) is 3.78.